The normalized spacial score (nSPS) is 14.1. The summed E-state index contributed by atoms with van der Waals surface area (Å²) in [6, 6.07) is 10.00. The first-order chi connectivity index (χ1) is 15.2. The summed E-state index contributed by atoms with van der Waals surface area (Å²) in [4.78, 5) is 28.5. The van der Waals surface area contributed by atoms with Gasteiger partial charge in [-0.15, -0.1) is 0 Å². The topological polar surface area (TPSA) is 140 Å². The van der Waals surface area contributed by atoms with E-state index in [0.29, 0.717) is 23.8 Å². The number of benzene rings is 2. The van der Waals surface area contributed by atoms with Gasteiger partial charge >= 0.3 is 5.97 Å². The molecule has 4 N–H and O–H groups in total. The van der Waals surface area contributed by atoms with E-state index in [2.05, 4.69) is 15.0 Å². The second-order valence-corrected chi connectivity index (χ2v) is 9.22. The summed E-state index contributed by atoms with van der Waals surface area (Å²) in [5.41, 5.74) is 6.26. The number of aliphatic imine (C=N–C) groups is 1. The molecule has 0 aromatic heterocycles. The van der Waals surface area contributed by atoms with Gasteiger partial charge in [0, 0.05) is 18.7 Å². The minimum atomic E-state index is -3.84. The summed E-state index contributed by atoms with van der Waals surface area (Å²) in [5, 5.41) is 2.81. The fourth-order valence-electron chi connectivity index (χ4n) is 2.99. The van der Waals surface area contributed by atoms with Gasteiger partial charge in [-0.2, -0.15) is 0 Å². The van der Waals surface area contributed by atoms with Gasteiger partial charge in [0.2, 0.25) is 0 Å². The number of nitrogen functional groups attached to an aromatic ring is 1. The number of hydrogen-bond acceptors (Lipinski definition) is 7. The van der Waals surface area contributed by atoms with Crippen molar-refractivity contribution in [2.24, 2.45) is 4.99 Å². The minimum absolute atomic E-state index is 0.0177. The molecule has 2 aromatic carbocycles. The number of nitrogens with two attached hydrogens (primary N) is 1. The van der Waals surface area contributed by atoms with E-state index in [9.17, 15) is 18.0 Å². The van der Waals surface area contributed by atoms with Gasteiger partial charge in [0.15, 0.2) is 6.61 Å². The van der Waals surface area contributed by atoms with E-state index in [1.54, 1.807) is 0 Å². The first kappa shape index (κ1) is 23.6. The van der Waals surface area contributed by atoms with Crippen LogP contribution in [-0.2, 0) is 19.6 Å². The highest BCUT2D eigenvalue weighted by atomic mass is 35.5. The number of amides is 1. The minimum Gasteiger partial charge on any atom is -0.452 e. The molecule has 1 amide bonds. The summed E-state index contributed by atoms with van der Waals surface area (Å²) in [6.07, 6.45) is 3.38. The van der Waals surface area contributed by atoms with Crippen LogP contribution in [0.25, 0.3) is 0 Å². The van der Waals surface area contributed by atoms with Crippen LogP contribution in [-0.4, -0.2) is 39.3 Å². The second-order valence-electron chi connectivity index (χ2n) is 7.13. The van der Waals surface area contributed by atoms with Crippen LogP contribution in [0.4, 0.5) is 11.4 Å². The molecule has 11 heteroatoms. The average Bonchev–Trinajstić information content (AvgIpc) is 3.02. The van der Waals surface area contributed by atoms with Crippen LogP contribution in [0.2, 0.25) is 5.02 Å². The van der Waals surface area contributed by atoms with Gasteiger partial charge in [-0.1, -0.05) is 24.1 Å². The van der Waals surface area contributed by atoms with E-state index >= 15 is 0 Å². The van der Waals surface area contributed by atoms with Gasteiger partial charge in [0.25, 0.3) is 15.9 Å². The van der Waals surface area contributed by atoms with E-state index in [-0.39, 0.29) is 21.8 Å². The summed E-state index contributed by atoms with van der Waals surface area (Å²) in [7, 11) is -3.84. The summed E-state index contributed by atoms with van der Waals surface area (Å²) >= 11 is 5.81. The molecule has 0 aliphatic carbocycles. The van der Waals surface area contributed by atoms with E-state index in [1.807, 2.05) is 0 Å². The Labute approximate surface area is 191 Å². The van der Waals surface area contributed by atoms with E-state index in [1.165, 1.54) is 42.5 Å². The van der Waals surface area contributed by atoms with Gasteiger partial charge in [-0.25, -0.2) is 13.2 Å². The molecule has 9 nitrogen and oxygen atoms in total. The number of carbonyl (C=O) groups is 2. The smallest absolute Gasteiger partial charge is 0.338 e. The number of nitrogens with zero attached hydrogens (tertiary/aromatic N) is 1. The Morgan fingerprint density at radius 1 is 1.12 bits per heavy atom. The van der Waals surface area contributed by atoms with Crippen molar-refractivity contribution < 1.29 is 22.7 Å². The Hall–Kier alpha value is -3.11. The fraction of sp³-hybridized carbons (Fsp3) is 0.286. The molecular weight excluding hydrogens is 456 g/mol. The monoisotopic (exact) mass is 478 g/mol. The van der Waals surface area contributed by atoms with Crippen molar-refractivity contribution in [3.05, 3.63) is 53.1 Å². The number of rotatable bonds is 6. The van der Waals surface area contributed by atoms with Crippen LogP contribution in [0.3, 0.4) is 0 Å². The molecule has 170 valence electrons. The van der Waals surface area contributed by atoms with Gasteiger partial charge in [-0.3, -0.25) is 14.5 Å². The molecule has 0 radical (unpaired) electrons. The zero-order chi connectivity index (χ0) is 23.1. The standard InChI is InChI=1S/C21H23ClN4O5S/c22-17-9-8-14(11-18(17)23)21(28)31-13-20(27)25-15-5-4-6-16(12-15)32(29,30)26-19-7-2-1-3-10-24-19/h4-6,8-9,11-12H,1-3,7,10,13,23H2,(H,24,26)(H,25,27). The van der Waals surface area contributed by atoms with Crippen molar-refractivity contribution >= 4 is 50.7 Å². The Kier molecular flexibility index (Phi) is 7.70. The lowest BCUT2D eigenvalue weighted by Crippen LogP contribution is -2.30. The molecule has 1 heterocycles. The zero-order valence-corrected chi connectivity index (χ0v) is 18.7. The van der Waals surface area contributed by atoms with Gasteiger partial charge in [0.05, 0.1) is 21.2 Å². The van der Waals surface area contributed by atoms with Crippen molar-refractivity contribution in [3.8, 4) is 0 Å². The largest absolute Gasteiger partial charge is 0.452 e. The van der Waals surface area contributed by atoms with Crippen molar-refractivity contribution in [2.45, 2.75) is 30.6 Å². The first-order valence-corrected chi connectivity index (χ1v) is 11.8. The number of hydrogen-bond donors (Lipinski definition) is 3. The number of esters is 1. The number of ether oxygens (including phenoxy) is 1. The van der Waals surface area contributed by atoms with Gasteiger partial charge in [-0.05, 0) is 49.2 Å². The number of amidine groups is 1. The molecule has 0 atom stereocenters. The van der Waals surface area contributed by atoms with Gasteiger partial charge < -0.3 is 15.8 Å². The lowest BCUT2D eigenvalue weighted by molar-refractivity contribution is -0.119. The third-order valence-corrected chi connectivity index (χ3v) is 6.34. The van der Waals surface area contributed by atoms with Crippen molar-refractivity contribution in [2.75, 3.05) is 24.2 Å². The summed E-state index contributed by atoms with van der Waals surface area (Å²) in [5.74, 6) is -0.934. The molecule has 1 aliphatic rings. The van der Waals surface area contributed by atoms with E-state index in [4.69, 9.17) is 22.1 Å². The molecule has 0 spiro atoms. The van der Waals surface area contributed by atoms with Crippen LogP contribution in [0.15, 0.2) is 52.4 Å². The Morgan fingerprint density at radius 3 is 2.72 bits per heavy atom. The molecule has 0 saturated carbocycles. The molecule has 2 aromatic rings. The zero-order valence-electron chi connectivity index (χ0n) is 17.1. The maximum atomic E-state index is 12.7. The number of carbonyl (C=O) groups excluding carboxylic acids is 2. The van der Waals surface area contributed by atoms with Crippen LogP contribution in [0.5, 0.6) is 0 Å². The Morgan fingerprint density at radius 2 is 1.94 bits per heavy atom. The third-order valence-electron chi connectivity index (χ3n) is 4.62. The quantitative estimate of drug-likeness (QED) is 0.430. The van der Waals surface area contributed by atoms with Gasteiger partial charge in [0.1, 0.15) is 5.84 Å². The molecule has 0 fully saturated rings. The Bertz CT molecular complexity index is 1150. The highest BCUT2D eigenvalue weighted by molar-refractivity contribution is 7.90. The molecule has 32 heavy (non-hydrogen) atoms. The first-order valence-electron chi connectivity index (χ1n) is 9.93. The van der Waals surface area contributed by atoms with Crippen LogP contribution in [0, 0.1) is 0 Å². The van der Waals surface area contributed by atoms with Crippen LogP contribution >= 0.6 is 11.6 Å². The van der Waals surface area contributed by atoms with Crippen molar-refractivity contribution in [1.29, 1.82) is 0 Å². The van der Waals surface area contributed by atoms with E-state index < -0.39 is 28.5 Å². The molecular formula is C21H23ClN4O5S. The average molecular weight is 479 g/mol. The van der Waals surface area contributed by atoms with Crippen LogP contribution < -0.4 is 15.8 Å². The number of nitrogens with one attached hydrogen (secondary N) is 2. The Balaban J connectivity index is 1.59. The number of anilines is 2. The van der Waals surface area contributed by atoms with Crippen molar-refractivity contribution in [1.82, 2.24) is 4.72 Å². The van der Waals surface area contributed by atoms with E-state index in [0.717, 1.165) is 19.3 Å². The summed E-state index contributed by atoms with van der Waals surface area (Å²) < 4.78 is 32.9. The SMILES string of the molecule is Nc1cc(C(=O)OCC(=O)Nc2cccc(S(=O)(=O)NC3=NCCCCC3)c2)ccc1Cl. The number of halogens is 1. The third kappa shape index (κ3) is 6.44. The number of sulfonamides is 1. The lowest BCUT2D eigenvalue weighted by atomic mass is 10.2. The molecule has 0 unspecified atom stereocenters. The summed E-state index contributed by atoms with van der Waals surface area (Å²) in [6.45, 7) is 0.0304. The maximum Gasteiger partial charge on any atom is 0.338 e. The highest BCUT2D eigenvalue weighted by Gasteiger charge is 2.18. The molecule has 1 aliphatic heterocycles. The predicted octanol–water partition coefficient (Wildman–Crippen LogP) is 2.97. The molecule has 0 saturated heterocycles. The maximum absolute atomic E-state index is 12.7. The lowest BCUT2D eigenvalue weighted by Gasteiger charge is -2.11. The van der Waals surface area contributed by atoms with Crippen molar-refractivity contribution in [3.63, 3.8) is 0 Å². The predicted molar refractivity (Wildman–Crippen MR) is 122 cm³/mol. The van der Waals surface area contributed by atoms with Crippen LogP contribution in [0.1, 0.15) is 36.0 Å². The highest BCUT2D eigenvalue weighted by Crippen LogP contribution is 2.20. The molecule has 0 bridgehead atoms. The molecule has 3 rings (SSSR count). The second kappa shape index (κ2) is 10.5. The fourth-order valence-corrected chi connectivity index (χ4v) is 4.25.